The van der Waals surface area contributed by atoms with Crippen LogP contribution in [0, 0.1) is 0 Å². The summed E-state index contributed by atoms with van der Waals surface area (Å²) in [5.74, 6) is 0.527. The Morgan fingerprint density at radius 1 is 0.455 bits per heavy atom. The quantitative estimate of drug-likeness (QED) is 0.249. The standard InChI is InChI=1S/C33H26/c1-22(2)23-15-17-25(18-16-23)29-20-19-24-9-3-6-12-28(24)33(29)32-21-26-10-4-5-11-27(26)30-13-7-8-14-31(30)32/h3-22H,1-2H3. The summed E-state index contributed by atoms with van der Waals surface area (Å²) in [6, 6.07) is 42.4. The second kappa shape index (κ2) is 7.90. The Balaban J connectivity index is 1.73. The molecule has 33 heavy (non-hydrogen) atoms. The summed E-state index contributed by atoms with van der Waals surface area (Å²) in [4.78, 5) is 0. The Morgan fingerprint density at radius 2 is 1.06 bits per heavy atom. The molecule has 0 amide bonds. The van der Waals surface area contributed by atoms with Crippen LogP contribution >= 0.6 is 0 Å². The van der Waals surface area contributed by atoms with Crippen LogP contribution in [0.15, 0.2) is 115 Å². The Labute approximate surface area is 195 Å². The van der Waals surface area contributed by atoms with E-state index in [2.05, 4.69) is 129 Å². The maximum atomic E-state index is 2.38. The van der Waals surface area contributed by atoms with E-state index in [9.17, 15) is 0 Å². The highest BCUT2D eigenvalue weighted by molar-refractivity contribution is 6.18. The predicted molar refractivity (Wildman–Crippen MR) is 144 cm³/mol. The Bertz CT molecular complexity index is 1620. The molecule has 0 radical (unpaired) electrons. The van der Waals surface area contributed by atoms with E-state index in [0.29, 0.717) is 5.92 Å². The normalized spacial score (nSPS) is 11.6. The first kappa shape index (κ1) is 19.8. The zero-order chi connectivity index (χ0) is 22.4. The molecule has 0 N–H and O–H groups in total. The highest BCUT2D eigenvalue weighted by Gasteiger charge is 2.16. The fraction of sp³-hybridized carbons (Fsp3) is 0.0909. The molecule has 6 aromatic carbocycles. The van der Waals surface area contributed by atoms with E-state index in [4.69, 9.17) is 0 Å². The lowest BCUT2D eigenvalue weighted by atomic mass is 9.85. The largest absolute Gasteiger partial charge is 0.0616 e. The van der Waals surface area contributed by atoms with E-state index in [0.717, 1.165) is 0 Å². The highest BCUT2D eigenvalue weighted by Crippen LogP contribution is 2.43. The molecule has 0 aliphatic rings. The van der Waals surface area contributed by atoms with Crippen molar-refractivity contribution in [1.29, 1.82) is 0 Å². The van der Waals surface area contributed by atoms with Crippen LogP contribution in [0.25, 0.3) is 54.6 Å². The zero-order valence-corrected chi connectivity index (χ0v) is 19.0. The summed E-state index contributed by atoms with van der Waals surface area (Å²) in [6.07, 6.45) is 0. The summed E-state index contributed by atoms with van der Waals surface area (Å²) in [5, 5.41) is 7.75. The summed E-state index contributed by atoms with van der Waals surface area (Å²) >= 11 is 0. The molecule has 0 atom stereocenters. The third-order valence-electron chi connectivity index (χ3n) is 6.85. The van der Waals surface area contributed by atoms with Gasteiger partial charge in [0, 0.05) is 0 Å². The maximum Gasteiger partial charge on any atom is -0.00204 e. The molecule has 0 heteroatoms. The van der Waals surface area contributed by atoms with Crippen molar-refractivity contribution < 1.29 is 0 Å². The van der Waals surface area contributed by atoms with Gasteiger partial charge in [0.2, 0.25) is 0 Å². The molecule has 0 fully saturated rings. The van der Waals surface area contributed by atoms with Gasteiger partial charge in [-0.25, -0.2) is 0 Å². The third-order valence-corrected chi connectivity index (χ3v) is 6.85. The maximum absolute atomic E-state index is 2.38. The van der Waals surface area contributed by atoms with E-state index in [1.54, 1.807) is 0 Å². The minimum Gasteiger partial charge on any atom is -0.0616 e. The van der Waals surface area contributed by atoms with E-state index >= 15 is 0 Å². The van der Waals surface area contributed by atoms with Gasteiger partial charge in [0.25, 0.3) is 0 Å². The number of benzene rings is 6. The molecule has 0 unspecified atom stereocenters. The van der Waals surface area contributed by atoms with Gasteiger partial charge >= 0.3 is 0 Å². The lowest BCUT2D eigenvalue weighted by Gasteiger charge is -2.18. The topological polar surface area (TPSA) is 0 Å². The van der Waals surface area contributed by atoms with Gasteiger partial charge in [-0.2, -0.15) is 0 Å². The van der Waals surface area contributed by atoms with E-state index < -0.39 is 0 Å². The molecule has 0 saturated carbocycles. The third kappa shape index (κ3) is 3.31. The number of rotatable bonds is 3. The fourth-order valence-electron chi connectivity index (χ4n) is 5.11. The molecule has 0 aliphatic carbocycles. The average molecular weight is 423 g/mol. The van der Waals surface area contributed by atoms with Crippen LogP contribution in [0.5, 0.6) is 0 Å². The SMILES string of the molecule is CC(C)c1ccc(-c2ccc3ccccc3c2-c2cc3ccccc3c3ccccc23)cc1. The first-order valence-corrected chi connectivity index (χ1v) is 11.7. The lowest BCUT2D eigenvalue weighted by molar-refractivity contribution is 0.867. The molecule has 158 valence electrons. The lowest BCUT2D eigenvalue weighted by Crippen LogP contribution is -1.92. The van der Waals surface area contributed by atoms with E-state index in [1.807, 2.05) is 0 Å². The molecular weight excluding hydrogens is 396 g/mol. The first-order valence-electron chi connectivity index (χ1n) is 11.7. The Morgan fingerprint density at radius 3 is 1.79 bits per heavy atom. The molecule has 0 spiro atoms. The number of hydrogen-bond donors (Lipinski definition) is 0. The fourth-order valence-corrected chi connectivity index (χ4v) is 5.11. The van der Waals surface area contributed by atoms with Crippen molar-refractivity contribution in [2.75, 3.05) is 0 Å². The van der Waals surface area contributed by atoms with Crippen molar-refractivity contribution in [3.8, 4) is 22.3 Å². The molecule has 0 aliphatic heterocycles. The van der Waals surface area contributed by atoms with Crippen molar-refractivity contribution in [3.63, 3.8) is 0 Å². The Kier molecular flexibility index (Phi) is 4.73. The van der Waals surface area contributed by atoms with Gasteiger partial charge in [-0.05, 0) is 72.1 Å². The summed E-state index contributed by atoms with van der Waals surface area (Å²) in [7, 11) is 0. The summed E-state index contributed by atoms with van der Waals surface area (Å²) < 4.78 is 0. The molecule has 0 heterocycles. The Hall–Kier alpha value is -3.90. The summed E-state index contributed by atoms with van der Waals surface area (Å²) in [6.45, 7) is 4.50. The van der Waals surface area contributed by atoms with Gasteiger partial charge in [0.1, 0.15) is 0 Å². The molecule has 0 nitrogen and oxygen atoms in total. The molecule has 6 aromatic rings. The first-order chi connectivity index (χ1) is 16.2. The molecular formula is C33H26. The van der Waals surface area contributed by atoms with Gasteiger partial charge in [0.05, 0.1) is 0 Å². The van der Waals surface area contributed by atoms with Crippen molar-refractivity contribution in [3.05, 3.63) is 121 Å². The van der Waals surface area contributed by atoms with Crippen molar-refractivity contribution in [2.24, 2.45) is 0 Å². The van der Waals surface area contributed by atoms with Gasteiger partial charge < -0.3 is 0 Å². The zero-order valence-electron chi connectivity index (χ0n) is 19.0. The van der Waals surface area contributed by atoms with Crippen LogP contribution in [-0.2, 0) is 0 Å². The van der Waals surface area contributed by atoms with E-state index in [1.165, 1.54) is 60.1 Å². The van der Waals surface area contributed by atoms with Gasteiger partial charge in [0.15, 0.2) is 0 Å². The minimum absolute atomic E-state index is 0.527. The highest BCUT2D eigenvalue weighted by atomic mass is 14.2. The summed E-state index contributed by atoms with van der Waals surface area (Å²) in [5.41, 5.74) is 6.52. The predicted octanol–water partition coefficient (Wildman–Crippen LogP) is 9.60. The molecule has 0 saturated heterocycles. The van der Waals surface area contributed by atoms with Crippen molar-refractivity contribution in [1.82, 2.24) is 0 Å². The van der Waals surface area contributed by atoms with Crippen LogP contribution in [-0.4, -0.2) is 0 Å². The minimum atomic E-state index is 0.527. The molecule has 0 bridgehead atoms. The second-order valence-electron chi connectivity index (χ2n) is 9.18. The van der Waals surface area contributed by atoms with Gasteiger partial charge in [-0.15, -0.1) is 0 Å². The van der Waals surface area contributed by atoms with Crippen LogP contribution in [0.4, 0.5) is 0 Å². The number of fused-ring (bicyclic) bond motifs is 4. The van der Waals surface area contributed by atoms with Gasteiger partial charge in [-0.3, -0.25) is 0 Å². The van der Waals surface area contributed by atoms with Crippen molar-refractivity contribution in [2.45, 2.75) is 19.8 Å². The smallest absolute Gasteiger partial charge is 0.00204 e. The van der Waals surface area contributed by atoms with Crippen molar-refractivity contribution >= 4 is 32.3 Å². The molecule has 0 aromatic heterocycles. The second-order valence-corrected chi connectivity index (χ2v) is 9.18. The monoisotopic (exact) mass is 422 g/mol. The average Bonchev–Trinajstić information content (AvgIpc) is 2.87. The van der Waals surface area contributed by atoms with Gasteiger partial charge in [-0.1, -0.05) is 123 Å². The van der Waals surface area contributed by atoms with E-state index in [-0.39, 0.29) is 0 Å². The molecule has 6 rings (SSSR count). The van der Waals surface area contributed by atoms with Crippen LogP contribution in [0.2, 0.25) is 0 Å². The number of hydrogen-bond acceptors (Lipinski definition) is 0. The van der Waals surface area contributed by atoms with Crippen LogP contribution in [0.1, 0.15) is 25.3 Å². The van der Waals surface area contributed by atoms with Crippen LogP contribution in [0.3, 0.4) is 0 Å². The van der Waals surface area contributed by atoms with Crippen LogP contribution < -0.4 is 0 Å².